The number of amides is 1. The summed E-state index contributed by atoms with van der Waals surface area (Å²) in [4.78, 5) is 11.0. The quantitative estimate of drug-likeness (QED) is 0.828. The van der Waals surface area contributed by atoms with E-state index < -0.39 is 12.1 Å². The molecule has 1 aromatic rings. The third-order valence-electron chi connectivity index (χ3n) is 2.57. The van der Waals surface area contributed by atoms with Crippen LogP contribution in [0.2, 0.25) is 0 Å². The third-order valence-corrected chi connectivity index (χ3v) is 2.57. The number of carbonyl (C=O) groups excluding carboxylic acids is 1. The van der Waals surface area contributed by atoms with Gasteiger partial charge in [0.05, 0.1) is 25.8 Å². The minimum atomic E-state index is -0.507. The number of hydrogen-bond acceptors (Lipinski definition) is 5. The molecule has 1 aliphatic heterocycles. The molecule has 1 fully saturated rings. The van der Waals surface area contributed by atoms with Crippen LogP contribution in [0.25, 0.3) is 0 Å². The molecule has 1 saturated heterocycles. The highest BCUT2D eigenvalue weighted by molar-refractivity contribution is 5.71. The van der Waals surface area contributed by atoms with Gasteiger partial charge in [0.1, 0.15) is 23.9 Å². The van der Waals surface area contributed by atoms with Gasteiger partial charge in [0.25, 0.3) is 0 Å². The molecule has 0 unspecified atom stereocenters. The van der Waals surface area contributed by atoms with Crippen LogP contribution in [0.15, 0.2) is 12.1 Å². The van der Waals surface area contributed by atoms with Crippen LogP contribution in [0.1, 0.15) is 11.6 Å². The highest BCUT2D eigenvalue weighted by atomic mass is 16.6. The molecule has 1 atom stereocenters. The van der Waals surface area contributed by atoms with Gasteiger partial charge in [0.15, 0.2) is 0 Å². The predicted molar refractivity (Wildman–Crippen MR) is 58.4 cm³/mol. The number of cyclic esters (lactones) is 1. The molecule has 0 bridgehead atoms. The molecule has 0 saturated carbocycles. The average Bonchev–Trinajstić information content (AvgIpc) is 2.74. The van der Waals surface area contributed by atoms with E-state index in [1.54, 1.807) is 6.07 Å². The molecule has 0 aromatic heterocycles. The minimum Gasteiger partial charge on any atom is -0.507 e. The van der Waals surface area contributed by atoms with Gasteiger partial charge in [-0.15, -0.1) is 0 Å². The molecule has 1 amide bonds. The topological polar surface area (TPSA) is 77.0 Å². The van der Waals surface area contributed by atoms with Crippen LogP contribution in [0.3, 0.4) is 0 Å². The van der Waals surface area contributed by atoms with E-state index in [4.69, 9.17) is 14.2 Å². The number of phenolic OH excluding ortho intramolecular Hbond substituents is 1. The number of ether oxygens (including phenoxy) is 3. The van der Waals surface area contributed by atoms with Gasteiger partial charge in [0, 0.05) is 12.1 Å². The number of carbonyl (C=O) groups is 1. The Hall–Kier alpha value is -2.11. The van der Waals surface area contributed by atoms with Crippen LogP contribution in [0.5, 0.6) is 17.2 Å². The molecule has 92 valence electrons. The van der Waals surface area contributed by atoms with E-state index >= 15 is 0 Å². The second-order valence-corrected chi connectivity index (χ2v) is 3.56. The van der Waals surface area contributed by atoms with Crippen molar-refractivity contribution in [2.75, 3.05) is 20.8 Å². The fourth-order valence-corrected chi connectivity index (χ4v) is 1.76. The van der Waals surface area contributed by atoms with Crippen molar-refractivity contribution in [1.82, 2.24) is 5.32 Å². The molecule has 0 spiro atoms. The van der Waals surface area contributed by atoms with Gasteiger partial charge in [-0.3, -0.25) is 0 Å². The zero-order chi connectivity index (χ0) is 12.4. The summed E-state index contributed by atoms with van der Waals surface area (Å²) in [6.45, 7) is 0.162. The molecule has 1 heterocycles. The molecule has 1 aromatic carbocycles. The first-order chi connectivity index (χ1) is 8.15. The lowest BCUT2D eigenvalue weighted by molar-refractivity contribution is 0.176. The fraction of sp³-hybridized carbons (Fsp3) is 0.364. The van der Waals surface area contributed by atoms with Crippen LogP contribution >= 0.6 is 0 Å². The Balaban J connectivity index is 2.41. The van der Waals surface area contributed by atoms with Crippen molar-refractivity contribution in [2.45, 2.75) is 6.04 Å². The fourth-order valence-electron chi connectivity index (χ4n) is 1.76. The zero-order valence-corrected chi connectivity index (χ0v) is 9.52. The van der Waals surface area contributed by atoms with Gasteiger partial charge >= 0.3 is 6.09 Å². The van der Waals surface area contributed by atoms with Crippen LogP contribution in [-0.4, -0.2) is 32.0 Å². The Labute approximate surface area is 98.1 Å². The molecular weight excluding hydrogens is 226 g/mol. The third kappa shape index (κ3) is 2.06. The van der Waals surface area contributed by atoms with E-state index in [0.29, 0.717) is 17.1 Å². The summed E-state index contributed by atoms with van der Waals surface area (Å²) in [7, 11) is 2.98. The van der Waals surface area contributed by atoms with Crippen molar-refractivity contribution < 1.29 is 24.1 Å². The Morgan fingerprint density at radius 1 is 1.41 bits per heavy atom. The summed E-state index contributed by atoms with van der Waals surface area (Å²) in [5, 5.41) is 12.5. The summed E-state index contributed by atoms with van der Waals surface area (Å²) >= 11 is 0. The summed E-state index contributed by atoms with van der Waals surface area (Å²) in [5.41, 5.74) is 0.485. The van der Waals surface area contributed by atoms with Gasteiger partial charge in [-0.05, 0) is 0 Å². The first-order valence-electron chi connectivity index (χ1n) is 5.04. The lowest BCUT2D eigenvalue weighted by Crippen LogP contribution is -2.19. The monoisotopic (exact) mass is 239 g/mol. The van der Waals surface area contributed by atoms with Crippen molar-refractivity contribution in [2.24, 2.45) is 0 Å². The van der Waals surface area contributed by atoms with Crippen molar-refractivity contribution in [3.63, 3.8) is 0 Å². The second-order valence-electron chi connectivity index (χ2n) is 3.56. The van der Waals surface area contributed by atoms with E-state index in [-0.39, 0.29) is 12.4 Å². The smallest absolute Gasteiger partial charge is 0.407 e. The molecule has 0 aliphatic carbocycles. The molecular formula is C11H13NO5. The Morgan fingerprint density at radius 2 is 2.18 bits per heavy atom. The zero-order valence-electron chi connectivity index (χ0n) is 9.52. The Morgan fingerprint density at radius 3 is 2.71 bits per heavy atom. The lowest BCUT2D eigenvalue weighted by Gasteiger charge is -2.15. The lowest BCUT2D eigenvalue weighted by atomic mass is 10.1. The van der Waals surface area contributed by atoms with Crippen LogP contribution in [-0.2, 0) is 4.74 Å². The van der Waals surface area contributed by atoms with Crippen molar-refractivity contribution in [3.8, 4) is 17.2 Å². The summed E-state index contributed by atoms with van der Waals surface area (Å²) in [5.74, 6) is 0.919. The standard InChI is InChI=1S/C11H13NO5/c1-15-6-3-8(13)10(9(4-6)16-2)7-5-17-11(14)12-7/h3-4,7,13H,5H2,1-2H3,(H,12,14)/t7-/m0/s1. The van der Waals surface area contributed by atoms with E-state index in [1.165, 1.54) is 20.3 Å². The normalized spacial score (nSPS) is 18.5. The number of hydrogen-bond donors (Lipinski definition) is 2. The maximum absolute atomic E-state index is 11.0. The molecule has 17 heavy (non-hydrogen) atoms. The highest BCUT2D eigenvalue weighted by Gasteiger charge is 2.29. The van der Waals surface area contributed by atoms with E-state index in [1.807, 2.05) is 0 Å². The van der Waals surface area contributed by atoms with Crippen LogP contribution in [0.4, 0.5) is 4.79 Å². The molecule has 0 radical (unpaired) electrons. The summed E-state index contributed by atoms with van der Waals surface area (Å²) < 4.78 is 15.0. The number of alkyl carbamates (subject to hydrolysis) is 1. The van der Waals surface area contributed by atoms with Crippen LogP contribution < -0.4 is 14.8 Å². The number of phenols is 1. The van der Waals surface area contributed by atoms with Crippen molar-refractivity contribution >= 4 is 6.09 Å². The largest absolute Gasteiger partial charge is 0.507 e. The van der Waals surface area contributed by atoms with Crippen LogP contribution in [0, 0.1) is 0 Å². The molecule has 6 nitrogen and oxygen atoms in total. The number of aromatic hydroxyl groups is 1. The number of nitrogens with one attached hydrogen (secondary N) is 1. The van der Waals surface area contributed by atoms with Gasteiger partial charge < -0.3 is 24.6 Å². The molecule has 1 aliphatic rings. The molecule has 2 N–H and O–H groups in total. The molecule has 2 rings (SSSR count). The molecule has 6 heteroatoms. The number of methoxy groups -OCH3 is 2. The average molecular weight is 239 g/mol. The second kappa shape index (κ2) is 4.40. The summed E-state index contributed by atoms with van der Waals surface area (Å²) in [6, 6.07) is 2.69. The van der Waals surface area contributed by atoms with E-state index in [2.05, 4.69) is 5.32 Å². The first-order valence-corrected chi connectivity index (χ1v) is 5.04. The Bertz CT molecular complexity index is 446. The van der Waals surface area contributed by atoms with Crippen molar-refractivity contribution in [1.29, 1.82) is 0 Å². The van der Waals surface area contributed by atoms with Gasteiger partial charge in [-0.25, -0.2) is 4.79 Å². The predicted octanol–water partition coefficient (Wildman–Crippen LogP) is 1.19. The maximum Gasteiger partial charge on any atom is 0.407 e. The summed E-state index contributed by atoms with van der Waals surface area (Å²) in [6.07, 6.45) is -0.507. The number of benzene rings is 1. The van der Waals surface area contributed by atoms with Crippen molar-refractivity contribution in [3.05, 3.63) is 17.7 Å². The first kappa shape index (κ1) is 11.4. The van der Waals surface area contributed by atoms with Gasteiger partial charge in [-0.2, -0.15) is 0 Å². The SMILES string of the molecule is COc1cc(O)c([C@@H]2COC(=O)N2)c(OC)c1. The van der Waals surface area contributed by atoms with Gasteiger partial charge in [0.2, 0.25) is 0 Å². The maximum atomic E-state index is 11.0. The van der Waals surface area contributed by atoms with E-state index in [9.17, 15) is 9.90 Å². The van der Waals surface area contributed by atoms with E-state index in [0.717, 1.165) is 0 Å². The Kier molecular flexibility index (Phi) is 2.95. The highest BCUT2D eigenvalue weighted by Crippen LogP contribution is 2.38. The number of rotatable bonds is 3. The minimum absolute atomic E-state index is 0.00278. The van der Waals surface area contributed by atoms with Gasteiger partial charge in [-0.1, -0.05) is 0 Å².